The Balaban J connectivity index is 1.86. The first kappa shape index (κ1) is 11.3. The van der Waals surface area contributed by atoms with Crippen LogP contribution in [-0.4, -0.2) is 19.8 Å². The van der Waals surface area contributed by atoms with Gasteiger partial charge in [-0.05, 0) is 49.4 Å². The molecule has 16 heavy (non-hydrogen) atoms. The van der Waals surface area contributed by atoms with Crippen molar-refractivity contribution in [3.05, 3.63) is 23.8 Å². The predicted molar refractivity (Wildman–Crippen MR) is 67.6 cm³/mol. The van der Waals surface area contributed by atoms with Gasteiger partial charge >= 0.3 is 0 Å². The molecule has 3 heteroatoms. The van der Waals surface area contributed by atoms with E-state index in [2.05, 4.69) is 11.4 Å². The molecule has 1 aliphatic rings. The SMILES string of the molecule is Cc1cc(NCC2CCCOC2)ccc1N. The van der Waals surface area contributed by atoms with Crippen LogP contribution in [0.4, 0.5) is 11.4 Å². The molecule has 0 spiro atoms. The minimum absolute atomic E-state index is 0.645. The fraction of sp³-hybridized carbons (Fsp3) is 0.538. The molecule has 1 atom stereocenters. The molecule has 1 fully saturated rings. The van der Waals surface area contributed by atoms with Crippen LogP contribution in [-0.2, 0) is 4.74 Å². The van der Waals surface area contributed by atoms with Gasteiger partial charge < -0.3 is 15.8 Å². The lowest BCUT2D eigenvalue weighted by Crippen LogP contribution is -2.24. The summed E-state index contributed by atoms with van der Waals surface area (Å²) in [5, 5.41) is 3.45. The van der Waals surface area contributed by atoms with Gasteiger partial charge in [0, 0.05) is 24.5 Å². The zero-order chi connectivity index (χ0) is 11.4. The van der Waals surface area contributed by atoms with Crippen molar-refractivity contribution in [2.24, 2.45) is 5.92 Å². The highest BCUT2D eigenvalue weighted by atomic mass is 16.5. The summed E-state index contributed by atoms with van der Waals surface area (Å²) in [6.07, 6.45) is 2.45. The first-order valence-electron chi connectivity index (χ1n) is 5.93. The third-order valence-corrected chi connectivity index (χ3v) is 3.12. The molecule has 0 amide bonds. The fourth-order valence-electron chi connectivity index (χ4n) is 2.02. The van der Waals surface area contributed by atoms with Crippen LogP contribution in [0.3, 0.4) is 0 Å². The number of anilines is 2. The van der Waals surface area contributed by atoms with E-state index in [-0.39, 0.29) is 0 Å². The van der Waals surface area contributed by atoms with Crippen molar-refractivity contribution in [2.45, 2.75) is 19.8 Å². The molecular formula is C13H20N2O. The lowest BCUT2D eigenvalue weighted by Gasteiger charge is -2.22. The number of nitrogen functional groups attached to an aromatic ring is 1. The predicted octanol–water partition coefficient (Wildman–Crippen LogP) is 2.42. The minimum Gasteiger partial charge on any atom is -0.399 e. The highest BCUT2D eigenvalue weighted by molar-refractivity contribution is 5.56. The van der Waals surface area contributed by atoms with Crippen molar-refractivity contribution >= 4 is 11.4 Å². The van der Waals surface area contributed by atoms with Crippen LogP contribution >= 0.6 is 0 Å². The summed E-state index contributed by atoms with van der Waals surface area (Å²) >= 11 is 0. The molecule has 88 valence electrons. The molecule has 0 saturated carbocycles. The molecule has 3 nitrogen and oxygen atoms in total. The molecule has 0 bridgehead atoms. The average molecular weight is 220 g/mol. The van der Waals surface area contributed by atoms with E-state index in [1.54, 1.807) is 0 Å². The molecule has 1 aromatic carbocycles. The minimum atomic E-state index is 0.645. The maximum atomic E-state index is 5.78. The van der Waals surface area contributed by atoms with E-state index in [4.69, 9.17) is 10.5 Å². The summed E-state index contributed by atoms with van der Waals surface area (Å²) < 4.78 is 5.45. The van der Waals surface area contributed by atoms with Gasteiger partial charge in [0.2, 0.25) is 0 Å². The molecular weight excluding hydrogens is 200 g/mol. The molecule has 0 aromatic heterocycles. The summed E-state index contributed by atoms with van der Waals surface area (Å²) in [7, 11) is 0. The van der Waals surface area contributed by atoms with Crippen LogP contribution in [0.1, 0.15) is 18.4 Å². The van der Waals surface area contributed by atoms with Crippen molar-refractivity contribution < 1.29 is 4.74 Å². The van der Waals surface area contributed by atoms with Crippen LogP contribution in [0.15, 0.2) is 18.2 Å². The standard InChI is InChI=1S/C13H20N2O/c1-10-7-12(4-5-13(10)14)15-8-11-3-2-6-16-9-11/h4-5,7,11,15H,2-3,6,8-9,14H2,1H3. The molecule has 0 radical (unpaired) electrons. The summed E-state index contributed by atoms with van der Waals surface area (Å²) in [6.45, 7) is 4.84. The fourth-order valence-corrected chi connectivity index (χ4v) is 2.02. The van der Waals surface area contributed by atoms with Gasteiger partial charge in [-0.15, -0.1) is 0 Å². The maximum Gasteiger partial charge on any atom is 0.0511 e. The summed E-state index contributed by atoms with van der Waals surface area (Å²) in [5.74, 6) is 0.645. The van der Waals surface area contributed by atoms with Crippen LogP contribution in [0.5, 0.6) is 0 Å². The molecule has 0 aliphatic carbocycles. The number of benzene rings is 1. The second-order valence-corrected chi connectivity index (χ2v) is 4.54. The van der Waals surface area contributed by atoms with Gasteiger partial charge in [0.05, 0.1) is 6.61 Å². The molecule has 3 N–H and O–H groups in total. The number of hydrogen-bond donors (Lipinski definition) is 2. The number of nitrogens with two attached hydrogens (primary N) is 1. The van der Waals surface area contributed by atoms with Crippen molar-refractivity contribution in [3.63, 3.8) is 0 Å². The summed E-state index contributed by atoms with van der Waals surface area (Å²) in [5.41, 5.74) is 8.91. The molecule has 1 unspecified atom stereocenters. The third kappa shape index (κ3) is 2.89. The summed E-state index contributed by atoms with van der Waals surface area (Å²) in [4.78, 5) is 0. The van der Waals surface area contributed by atoms with E-state index in [1.165, 1.54) is 12.8 Å². The molecule has 1 aliphatic heterocycles. The number of aryl methyl sites for hydroxylation is 1. The van der Waals surface area contributed by atoms with Gasteiger partial charge in [0.1, 0.15) is 0 Å². The Bertz CT molecular complexity index is 346. The lowest BCUT2D eigenvalue weighted by molar-refractivity contribution is 0.0595. The van der Waals surface area contributed by atoms with Crippen LogP contribution < -0.4 is 11.1 Å². The van der Waals surface area contributed by atoms with E-state index in [0.29, 0.717) is 5.92 Å². The van der Waals surface area contributed by atoms with Gasteiger partial charge in [-0.25, -0.2) is 0 Å². The van der Waals surface area contributed by atoms with Crippen LogP contribution in [0.2, 0.25) is 0 Å². The monoisotopic (exact) mass is 220 g/mol. The Kier molecular flexibility index (Phi) is 3.67. The molecule has 1 aromatic rings. The van der Waals surface area contributed by atoms with E-state index in [9.17, 15) is 0 Å². The van der Waals surface area contributed by atoms with Crippen molar-refractivity contribution in [2.75, 3.05) is 30.8 Å². The van der Waals surface area contributed by atoms with E-state index in [0.717, 1.165) is 36.7 Å². The van der Waals surface area contributed by atoms with Crippen LogP contribution in [0, 0.1) is 12.8 Å². The number of hydrogen-bond acceptors (Lipinski definition) is 3. The summed E-state index contributed by atoms with van der Waals surface area (Å²) in [6, 6.07) is 6.08. The van der Waals surface area contributed by atoms with E-state index >= 15 is 0 Å². The van der Waals surface area contributed by atoms with Crippen molar-refractivity contribution in [3.8, 4) is 0 Å². The quantitative estimate of drug-likeness (QED) is 0.769. The van der Waals surface area contributed by atoms with Crippen molar-refractivity contribution in [1.82, 2.24) is 0 Å². The Morgan fingerprint density at radius 1 is 1.50 bits per heavy atom. The Morgan fingerprint density at radius 3 is 3.06 bits per heavy atom. The maximum absolute atomic E-state index is 5.78. The van der Waals surface area contributed by atoms with Crippen LogP contribution in [0.25, 0.3) is 0 Å². The van der Waals surface area contributed by atoms with Gasteiger partial charge in [-0.3, -0.25) is 0 Å². The zero-order valence-corrected chi connectivity index (χ0v) is 9.83. The number of ether oxygens (including phenoxy) is 1. The van der Waals surface area contributed by atoms with Gasteiger partial charge in [0.25, 0.3) is 0 Å². The lowest BCUT2D eigenvalue weighted by atomic mass is 10.0. The van der Waals surface area contributed by atoms with Gasteiger partial charge in [-0.1, -0.05) is 0 Å². The average Bonchev–Trinajstić information content (AvgIpc) is 2.32. The molecule has 1 heterocycles. The first-order valence-corrected chi connectivity index (χ1v) is 5.93. The normalized spacial score (nSPS) is 20.7. The number of nitrogens with one attached hydrogen (secondary N) is 1. The Morgan fingerprint density at radius 2 is 2.38 bits per heavy atom. The van der Waals surface area contributed by atoms with E-state index < -0.39 is 0 Å². The van der Waals surface area contributed by atoms with E-state index in [1.807, 2.05) is 19.1 Å². The molecule has 2 rings (SSSR count). The second-order valence-electron chi connectivity index (χ2n) is 4.54. The smallest absolute Gasteiger partial charge is 0.0511 e. The highest BCUT2D eigenvalue weighted by Gasteiger charge is 2.13. The Labute approximate surface area is 97.0 Å². The topological polar surface area (TPSA) is 47.3 Å². The zero-order valence-electron chi connectivity index (χ0n) is 9.83. The van der Waals surface area contributed by atoms with Crippen molar-refractivity contribution in [1.29, 1.82) is 0 Å². The number of rotatable bonds is 3. The molecule has 1 saturated heterocycles. The largest absolute Gasteiger partial charge is 0.399 e. The van der Waals surface area contributed by atoms with Gasteiger partial charge in [0.15, 0.2) is 0 Å². The first-order chi connectivity index (χ1) is 7.75. The van der Waals surface area contributed by atoms with Gasteiger partial charge in [-0.2, -0.15) is 0 Å². The third-order valence-electron chi connectivity index (χ3n) is 3.12. The highest BCUT2D eigenvalue weighted by Crippen LogP contribution is 2.18. The second kappa shape index (κ2) is 5.21. The Hall–Kier alpha value is -1.22.